The van der Waals surface area contributed by atoms with Gasteiger partial charge in [-0.25, -0.2) is 8.78 Å². The van der Waals surface area contributed by atoms with Crippen molar-refractivity contribution >= 4 is 5.69 Å². The number of hydrogen-bond acceptors (Lipinski definition) is 5. The predicted octanol–water partition coefficient (Wildman–Crippen LogP) is 2.68. The van der Waals surface area contributed by atoms with Crippen LogP contribution in [0.2, 0.25) is 0 Å². The Morgan fingerprint density at radius 1 is 1.19 bits per heavy atom. The van der Waals surface area contributed by atoms with Crippen LogP contribution >= 0.6 is 0 Å². The van der Waals surface area contributed by atoms with Crippen LogP contribution in [-0.2, 0) is 11.3 Å². The molecule has 2 aromatic rings. The molecule has 0 amide bonds. The Kier molecular flexibility index (Phi) is 4.07. The molecule has 0 aliphatic carbocycles. The highest BCUT2D eigenvalue weighted by molar-refractivity contribution is 5.70. The Morgan fingerprint density at radius 3 is 2.52 bits per heavy atom. The van der Waals surface area contributed by atoms with Crippen molar-refractivity contribution in [2.75, 3.05) is 12.3 Å². The van der Waals surface area contributed by atoms with Crippen LogP contribution in [0.1, 0.15) is 5.82 Å². The molecule has 0 saturated carbocycles. The van der Waals surface area contributed by atoms with Gasteiger partial charge >= 0.3 is 6.18 Å². The zero-order chi connectivity index (χ0) is 15.6. The average molecular weight is 309 g/mol. The molecule has 1 heterocycles. The molecule has 0 aliphatic rings. The molecule has 2 rings (SSSR count). The van der Waals surface area contributed by atoms with E-state index in [1.54, 1.807) is 0 Å². The zero-order valence-corrected chi connectivity index (χ0v) is 10.2. The normalized spacial score (nSPS) is 11.9. The summed E-state index contributed by atoms with van der Waals surface area (Å²) in [4.78, 5) is 3.69. The molecular weight excluding hydrogens is 301 g/mol. The fourth-order valence-corrected chi connectivity index (χ4v) is 1.43. The maximum atomic E-state index is 13.1. The van der Waals surface area contributed by atoms with Crippen LogP contribution in [0, 0.1) is 11.6 Å². The Balaban J connectivity index is 2.11. The van der Waals surface area contributed by atoms with Gasteiger partial charge in [0, 0.05) is 11.8 Å². The van der Waals surface area contributed by atoms with E-state index < -0.39 is 31.0 Å². The summed E-state index contributed by atoms with van der Waals surface area (Å²) in [5.74, 6) is -2.76. The summed E-state index contributed by atoms with van der Waals surface area (Å²) >= 11 is 0. The van der Waals surface area contributed by atoms with Gasteiger partial charge in [0.15, 0.2) is 17.5 Å². The van der Waals surface area contributed by atoms with E-state index in [1.165, 1.54) is 0 Å². The molecule has 0 atom stereocenters. The second kappa shape index (κ2) is 5.64. The molecule has 0 unspecified atom stereocenters. The predicted molar refractivity (Wildman–Crippen MR) is 59.8 cm³/mol. The van der Waals surface area contributed by atoms with E-state index in [0.717, 1.165) is 12.1 Å². The van der Waals surface area contributed by atoms with E-state index in [9.17, 15) is 22.0 Å². The Labute approximate surface area is 114 Å². The molecule has 0 spiro atoms. The number of nitrogen functional groups attached to an aromatic ring is 1. The summed E-state index contributed by atoms with van der Waals surface area (Å²) < 4.78 is 70.7. The van der Waals surface area contributed by atoms with Gasteiger partial charge < -0.3 is 15.0 Å². The first-order valence-electron chi connectivity index (χ1n) is 5.48. The number of hydrogen-bond donors (Lipinski definition) is 1. The third-order valence-electron chi connectivity index (χ3n) is 2.29. The molecule has 21 heavy (non-hydrogen) atoms. The first-order chi connectivity index (χ1) is 9.76. The number of anilines is 1. The van der Waals surface area contributed by atoms with Crippen LogP contribution in [0.5, 0.6) is 0 Å². The third kappa shape index (κ3) is 3.88. The van der Waals surface area contributed by atoms with Crippen molar-refractivity contribution < 1.29 is 31.2 Å². The van der Waals surface area contributed by atoms with Gasteiger partial charge in [0.05, 0.1) is 5.56 Å². The van der Waals surface area contributed by atoms with E-state index in [4.69, 9.17) is 10.3 Å². The highest BCUT2D eigenvalue weighted by atomic mass is 19.4. The van der Waals surface area contributed by atoms with E-state index in [-0.39, 0.29) is 23.0 Å². The van der Waals surface area contributed by atoms with Gasteiger partial charge in [0.2, 0.25) is 0 Å². The first kappa shape index (κ1) is 15.2. The molecule has 0 bridgehead atoms. The van der Waals surface area contributed by atoms with E-state index >= 15 is 0 Å². The molecule has 114 valence electrons. The second-order valence-corrected chi connectivity index (χ2v) is 3.98. The fraction of sp³-hybridized carbons (Fsp3) is 0.273. The lowest BCUT2D eigenvalue weighted by Crippen LogP contribution is -2.16. The second-order valence-electron chi connectivity index (χ2n) is 3.98. The number of ether oxygens (including phenoxy) is 1. The molecule has 0 fully saturated rings. The van der Waals surface area contributed by atoms with E-state index in [0.29, 0.717) is 0 Å². The summed E-state index contributed by atoms with van der Waals surface area (Å²) in [6.45, 7) is -2.02. The number of rotatable bonds is 4. The molecule has 0 aliphatic heterocycles. The summed E-state index contributed by atoms with van der Waals surface area (Å²) in [6.07, 6.45) is -4.48. The minimum absolute atomic E-state index is 0.0662. The van der Waals surface area contributed by atoms with Crippen molar-refractivity contribution in [2.24, 2.45) is 0 Å². The van der Waals surface area contributed by atoms with Crippen molar-refractivity contribution in [3.8, 4) is 11.5 Å². The van der Waals surface area contributed by atoms with Crippen LogP contribution in [0.3, 0.4) is 0 Å². The van der Waals surface area contributed by atoms with Gasteiger partial charge in [-0.15, -0.1) is 0 Å². The molecule has 0 radical (unpaired) electrons. The molecular formula is C11H8F5N3O2. The zero-order valence-electron chi connectivity index (χ0n) is 10.2. The van der Waals surface area contributed by atoms with Crippen molar-refractivity contribution in [1.82, 2.24) is 10.1 Å². The maximum Gasteiger partial charge on any atom is 0.411 e. The lowest BCUT2D eigenvalue weighted by Gasteiger charge is -2.04. The lowest BCUT2D eigenvalue weighted by atomic mass is 10.1. The highest BCUT2D eigenvalue weighted by Gasteiger charge is 2.27. The highest BCUT2D eigenvalue weighted by Crippen LogP contribution is 2.27. The number of nitrogens with two attached hydrogens (primary N) is 1. The van der Waals surface area contributed by atoms with Gasteiger partial charge in [-0.2, -0.15) is 18.2 Å². The van der Waals surface area contributed by atoms with E-state index in [2.05, 4.69) is 14.9 Å². The summed E-state index contributed by atoms with van der Waals surface area (Å²) in [5.41, 5.74) is 5.26. The van der Waals surface area contributed by atoms with Gasteiger partial charge in [-0.3, -0.25) is 0 Å². The smallest absolute Gasteiger partial charge is 0.398 e. The standard InChI is InChI=1S/C11H8F5N3O2/c12-6-1-5(8(17)2-7(6)13)10-18-9(19-21-10)3-20-4-11(14,15)16/h1-2H,3-4,17H2. The van der Waals surface area contributed by atoms with Gasteiger partial charge in [0.25, 0.3) is 5.89 Å². The summed E-state index contributed by atoms with van der Waals surface area (Å²) in [6, 6.07) is 1.48. The van der Waals surface area contributed by atoms with E-state index in [1.807, 2.05) is 0 Å². The number of aromatic nitrogens is 2. The van der Waals surface area contributed by atoms with Crippen molar-refractivity contribution in [3.05, 3.63) is 29.6 Å². The number of nitrogens with zero attached hydrogens (tertiary/aromatic N) is 2. The molecule has 1 aromatic carbocycles. The molecule has 10 heteroatoms. The molecule has 2 N–H and O–H groups in total. The average Bonchev–Trinajstić information content (AvgIpc) is 2.81. The molecule has 5 nitrogen and oxygen atoms in total. The summed E-state index contributed by atoms with van der Waals surface area (Å²) in [7, 11) is 0. The Hall–Kier alpha value is -2.23. The third-order valence-corrected chi connectivity index (χ3v) is 2.29. The Bertz CT molecular complexity index is 641. The fourth-order valence-electron chi connectivity index (χ4n) is 1.43. The quantitative estimate of drug-likeness (QED) is 0.694. The molecule has 1 aromatic heterocycles. The topological polar surface area (TPSA) is 74.2 Å². The van der Waals surface area contributed by atoms with Crippen LogP contribution in [0.25, 0.3) is 11.5 Å². The summed E-state index contributed by atoms with van der Waals surface area (Å²) in [5, 5.41) is 3.36. The largest absolute Gasteiger partial charge is 0.411 e. The van der Waals surface area contributed by atoms with Crippen molar-refractivity contribution in [2.45, 2.75) is 12.8 Å². The lowest BCUT2D eigenvalue weighted by molar-refractivity contribution is -0.177. The van der Waals surface area contributed by atoms with Crippen LogP contribution in [-0.4, -0.2) is 22.9 Å². The maximum absolute atomic E-state index is 13.1. The van der Waals surface area contributed by atoms with Crippen LogP contribution < -0.4 is 5.73 Å². The first-order valence-corrected chi connectivity index (χ1v) is 5.48. The molecule has 0 saturated heterocycles. The van der Waals surface area contributed by atoms with Gasteiger partial charge in [-0.1, -0.05) is 5.16 Å². The number of alkyl halides is 3. The monoisotopic (exact) mass is 309 g/mol. The van der Waals surface area contributed by atoms with Crippen molar-refractivity contribution in [3.63, 3.8) is 0 Å². The van der Waals surface area contributed by atoms with Crippen molar-refractivity contribution in [1.29, 1.82) is 0 Å². The van der Waals surface area contributed by atoms with Crippen LogP contribution in [0.4, 0.5) is 27.6 Å². The number of benzene rings is 1. The minimum atomic E-state index is -4.48. The van der Waals surface area contributed by atoms with Gasteiger partial charge in [0.1, 0.15) is 13.2 Å². The SMILES string of the molecule is Nc1cc(F)c(F)cc1-c1nc(COCC(F)(F)F)no1. The van der Waals surface area contributed by atoms with Gasteiger partial charge in [-0.05, 0) is 6.07 Å². The minimum Gasteiger partial charge on any atom is -0.398 e. The van der Waals surface area contributed by atoms with Crippen LogP contribution in [0.15, 0.2) is 16.7 Å². The number of halogens is 5. The Morgan fingerprint density at radius 2 is 1.86 bits per heavy atom.